The highest BCUT2D eigenvalue weighted by Gasteiger charge is 2.13. The van der Waals surface area contributed by atoms with Gasteiger partial charge in [0.1, 0.15) is 0 Å². The van der Waals surface area contributed by atoms with Crippen LogP contribution < -0.4 is 9.70 Å². The molecular weight excluding hydrogens is 416 g/mol. The van der Waals surface area contributed by atoms with Crippen LogP contribution in [0.3, 0.4) is 0 Å². The average Bonchev–Trinajstić information content (AvgIpc) is 3.26. The minimum atomic E-state index is 0.789. The van der Waals surface area contributed by atoms with Gasteiger partial charge >= 0.3 is 0 Å². The quantitative estimate of drug-likeness (QED) is 0.417. The Morgan fingerprint density at radius 3 is 2.47 bits per heavy atom. The highest BCUT2D eigenvalue weighted by Crippen LogP contribution is 2.29. The Morgan fingerprint density at radius 2 is 1.69 bits per heavy atom. The molecule has 0 N–H and O–H groups in total. The van der Waals surface area contributed by atoms with E-state index in [0.717, 1.165) is 53.6 Å². The smallest absolute Gasteiger partial charge is 0.205 e. The summed E-state index contributed by atoms with van der Waals surface area (Å²) in [5.41, 5.74) is 5.50. The van der Waals surface area contributed by atoms with Gasteiger partial charge in [-0.25, -0.2) is 4.68 Å². The molecule has 0 unspecified atom stereocenters. The second kappa shape index (κ2) is 9.10. The third kappa shape index (κ3) is 3.99. The SMILES string of the molecule is CN=c1scc(-c2cccc3ccccc23)n1N=C(C)c1ccc(N2CCOCC2)cc1. The fourth-order valence-corrected chi connectivity index (χ4v) is 4.91. The molecule has 1 aliphatic rings. The van der Waals surface area contributed by atoms with Crippen LogP contribution in [-0.4, -0.2) is 43.7 Å². The summed E-state index contributed by atoms with van der Waals surface area (Å²) < 4.78 is 7.44. The Labute approximate surface area is 191 Å². The van der Waals surface area contributed by atoms with Crippen LogP contribution in [0.2, 0.25) is 0 Å². The lowest BCUT2D eigenvalue weighted by molar-refractivity contribution is 0.122. The van der Waals surface area contributed by atoms with Crippen LogP contribution in [0.4, 0.5) is 5.69 Å². The Hall–Kier alpha value is -3.22. The van der Waals surface area contributed by atoms with Gasteiger partial charge in [-0.05, 0) is 35.4 Å². The number of hydrogen-bond donors (Lipinski definition) is 0. The van der Waals surface area contributed by atoms with E-state index in [1.165, 1.54) is 16.5 Å². The fourth-order valence-electron chi connectivity index (χ4n) is 4.12. The maximum Gasteiger partial charge on any atom is 0.205 e. The molecule has 162 valence electrons. The van der Waals surface area contributed by atoms with Crippen molar-refractivity contribution in [3.63, 3.8) is 0 Å². The first-order chi connectivity index (χ1) is 15.7. The third-order valence-electron chi connectivity index (χ3n) is 5.85. The van der Waals surface area contributed by atoms with Crippen molar-refractivity contribution in [1.82, 2.24) is 4.68 Å². The largest absolute Gasteiger partial charge is 0.378 e. The summed E-state index contributed by atoms with van der Waals surface area (Å²) in [5.74, 6) is 0. The van der Waals surface area contributed by atoms with E-state index in [9.17, 15) is 0 Å². The number of morpholine rings is 1. The summed E-state index contributed by atoms with van der Waals surface area (Å²) in [6, 6.07) is 23.5. The van der Waals surface area contributed by atoms with E-state index in [1.807, 2.05) is 11.7 Å². The molecule has 4 aromatic rings. The molecule has 0 amide bonds. The molecule has 0 atom stereocenters. The molecule has 0 bridgehead atoms. The van der Waals surface area contributed by atoms with E-state index in [2.05, 4.69) is 88.9 Å². The molecule has 1 aliphatic heterocycles. The van der Waals surface area contributed by atoms with E-state index in [4.69, 9.17) is 9.84 Å². The zero-order valence-corrected chi connectivity index (χ0v) is 19.2. The Kier molecular flexibility index (Phi) is 5.88. The van der Waals surface area contributed by atoms with Crippen LogP contribution in [0.5, 0.6) is 0 Å². The van der Waals surface area contributed by atoms with Crippen molar-refractivity contribution >= 4 is 33.5 Å². The zero-order valence-electron chi connectivity index (χ0n) is 18.4. The number of fused-ring (bicyclic) bond motifs is 1. The van der Waals surface area contributed by atoms with Gasteiger partial charge in [0, 0.05) is 36.8 Å². The van der Waals surface area contributed by atoms with E-state index in [0.29, 0.717) is 0 Å². The Morgan fingerprint density at radius 1 is 0.938 bits per heavy atom. The number of ether oxygens (including phenoxy) is 1. The molecule has 1 aromatic heterocycles. The molecular formula is C26H26N4OS. The van der Waals surface area contributed by atoms with E-state index >= 15 is 0 Å². The van der Waals surface area contributed by atoms with Gasteiger partial charge in [0.2, 0.25) is 4.80 Å². The van der Waals surface area contributed by atoms with Crippen LogP contribution in [0.1, 0.15) is 12.5 Å². The molecule has 0 radical (unpaired) electrons. The standard InChI is InChI=1S/C26H26N4OS/c1-19(20-10-12-22(13-11-20)29-14-16-31-17-15-29)28-30-25(18-32-26(30)27-2)24-9-5-7-21-6-3-4-8-23(21)24/h3-13,18H,14-17H2,1-2H3. The first kappa shape index (κ1) is 20.7. The minimum Gasteiger partial charge on any atom is -0.378 e. The van der Waals surface area contributed by atoms with Gasteiger partial charge in [-0.1, -0.05) is 54.6 Å². The summed E-state index contributed by atoms with van der Waals surface area (Å²) in [7, 11) is 1.82. The molecule has 0 spiro atoms. The minimum absolute atomic E-state index is 0.789. The van der Waals surface area contributed by atoms with E-state index in [-0.39, 0.29) is 0 Å². The van der Waals surface area contributed by atoms with Gasteiger partial charge < -0.3 is 9.64 Å². The molecule has 5 rings (SSSR count). The molecule has 5 nitrogen and oxygen atoms in total. The van der Waals surface area contributed by atoms with Gasteiger partial charge in [-0.2, -0.15) is 5.10 Å². The first-order valence-corrected chi connectivity index (χ1v) is 11.7. The van der Waals surface area contributed by atoms with Crippen molar-refractivity contribution in [2.24, 2.45) is 10.1 Å². The highest BCUT2D eigenvalue weighted by atomic mass is 32.1. The van der Waals surface area contributed by atoms with Crippen LogP contribution in [0.15, 0.2) is 82.2 Å². The summed E-state index contributed by atoms with van der Waals surface area (Å²) >= 11 is 1.61. The lowest BCUT2D eigenvalue weighted by Gasteiger charge is -2.28. The molecule has 1 saturated heterocycles. The van der Waals surface area contributed by atoms with Crippen molar-refractivity contribution in [3.8, 4) is 11.3 Å². The normalized spacial score (nSPS) is 15.5. The maximum atomic E-state index is 5.47. The van der Waals surface area contributed by atoms with Crippen LogP contribution in [0.25, 0.3) is 22.0 Å². The van der Waals surface area contributed by atoms with Crippen LogP contribution in [0, 0.1) is 0 Å². The molecule has 3 aromatic carbocycles. The van der Waals surface area contributed by atoms with Crippen molar-refractivity contribution in [3.05, 3.63) is 82.5 Å². The summed E-state index contributed by atoms with van der Waals surface area (Å²) in [5, 5.41) is 9.58. The summed E-state index contributed by atoms with van der Waals surface area (Å²) in [6.07, 6.45) is 0. The number of anilines is 1. The van der Waals surface area contributed by atoms with Gasteiger partial charge in [-0.3, -0.25) is 4.99 Å². The summed E-state index contributed by atoms with van der Waals surface area (Å²) in [4.78, 5) is 7.71. The van der Waals surface area contributed by atoms with Gasteiger partial charge in [0.15, 0.2) is 0 Å². The fraction of sp³-hybridized carbons (Fsp3) is 0.231. The number of nitrogens with zero attached hydrogens (tertiary/aromatic N) is 4. The van der Waals surface area contributed by atoms with E-state index < -0.39 is 0 Å². The van der Waals surface area contributed by atoms with Gasteiger partial charge in [0.05, 0.1) is 24.6 Å². The second-order valence-electron chi connectivity index (χ2n) is 7.80. The van der Waals surface area contributed by atoms with Crippen molar-refractivity contribution in [2.45, 2.75) is 6.92 Å². The molecule has 1 fully saturated rings. The van der Waals surface area contributed by atoms with E-state index in [1.54, 1.807) is 11.3 Å². The first-order valence-electron chi connectivity index (χ1n) is 10.8. The molecule has 0 saturated carbocycles. The summed E-state index contributed by atoms with van der Waals surface area (Å²) in [6.45, 7) is 5.51. The number of aromatic nitrogens is 1. The topological polar surface area (TPSA) is 42.1 Å². The Balaban J connectivity index is 1.53. The van der Waals surface area contributed by atoms with Gasteiger partial charge in [-0.15, -0.1) is 11.3 Å². The lowest BCUT2D eigenvalue weighted by atomic mass is 10.0. The average molecular weight is 443 g/mol. The second-order valence-corrected chi connectivity index (χ2v) is 8.63. The number of hydrogen-bond acceptors (Lipinski definition) is 5. The number of benzene rings is 3. The molecule has 0 aliphatic carbocycles. The lowest BCUT2D eigenvalue weighted by Crippen LogP contribution is -2.36. The zero-order chi connectivity index (χ0) is 21.9. The van der Waals surface area contributed by atoms with Crippen molar-refractivity contribution in [1.29, 1.82) is 0 Å². The monoisotopic (exact) mass is 442 g/mol. The van der Waals surface area contributed by atoms with Crippen LogP contribution >= 0.6 is 11.3 Å². The molecule has 6 heteroatoms. The highest BCUT2D eigenvalue weighted by molar-refractivity contribution is 7.07. The third-order valence-corrected chi connectivity index (χ3v) is 6.76. The Bertz CT molecular complexity index is 1320. The molecule has 32 heavy (non-hydrogen) atoms. The number of thiazole rings is 1. The van der Waals surface area contributed by atoms with Crippen molar-refractivity contribution in [2.75, 3.05) is 38.3 Å². The molecule has 2 heterocycles. The predicted molar refractivity (Wildman–Crippen MR) is 134 cm³/mol. The predicted octanol–water partition coefficient (Wildman–Crippen LogP) is 5.01. The van der Waals surface area contributed by atoms with Crippen molar-refractivity contribution < 1.29 is 4.74 Å². The maximum absolute atomic E-state index is 5.47. The van der Waals surface area contributed by atoms with Gasteiger partial charge in [0.25, 0.3) is 0 Å². The van der Waals surface area contributed by atoms with Crippen LogP contribution in [-0.2, 0) is 4.74 Å². The number of rotatable bonds is 4.